The average Bonchev–Trinajstić information content (AvgIpc) is 3.23. The van der Waals surface area contributed by atoms with E-state index in [2.05, 4.69) is 54.0 Å². The molecule has 3 aliphatic rings. The molecule has 1 aliphatic carbocycles. The first-order valence-corrected chi connectivity index (χ1v) is 13.1. The second-order valence-electron chi connectivity index (χ2n) is 9.92. The molecule has 6 heteroatoms. The van der Waals surface area contributed by atoms with Gasteiger partial charge in [0.1, 0.15) is 0 Å². The predicted octanol–water partition coefficient (Wildman–Crippen LogP) is 4.69. The molecule has 0 N–H and O–H groups in total. The molecule has 0 bridgehead atoms. The van der Waals surface area contributed by atoms with E-state index in [9.17, 15) is 4.79 Å². The first-order valence-electron chi connectivity index (χ1n) is 12.2. The number of likely N-dealkylation sites (tertiary alicyclic amines) is 1. The summed E-state index contributed by atoms with van der Waals surface area (Å²) >= 11 is 1.76. The van der Waals surface area contributed by atoms with E-state index >= 15 is 0 Å². The van der Waals surface area contributed by atoms with Gasteiger partial charge < -0.3 is 9.64 Å². The Morgan fingerprint density at radius 2 is 1.81 bits per heavy atom. The molecule has 1 aromatic carbocycles. The first kappa shape index (κ1) is 22.1. The minimum absolute atomic E-state index is 0.0260. The predicted molar refractivity (Wildman–Crippen MR) is 130 cm³/mol. The van der Waals surface area contributed by atoms with E-state index in [1.807, 2.05) is 6.07 Å². The van der Waals surface area contributed by atoms with E-state index in [0.717, 1.165) is 68.9 Å². The Morgan fingerprint density at radius 1 is 1.09 bits per heavy atom. The van der Waals surface area contributed by atoms with Crippen molar-refractivity contribution in [2.24, 2.45) is 11.8 Å². The number of rotatable bonds is 4. The number of aromatic nitrogens is 1. The van der Waals surface area contributed by atoms with Crippen LogP contribution in [0.3, 0.4) is 0 Å². The van der Waals surface area contributed by atoms with E-state index in [1.165, 1.54) is 4.70 Å². The summed E-state index contributed by atoms with van der Waals surface area (Å²) in [5.41, 5.74) is 1.06. The highest BCUT2D eigenvalue weighted by Gasteiger charge is 2.36. The van der Waals surface area contributed by atoms with E-state index in [0.29, 0.717) is 24.0 Å². The lowest BCUT2D eigenvalue weighted by molar-refractivity contribution is -0.138. The van der Waals surface area contributed by atoms with E-state index in [-0.39, 0.29) is 11.8 Å². The number of morpholine rings is 1. The maximum atomic E-state index is 13.6. The largest absolute Gasteiger partial charge is 0.373 e. The zero-order chi connectivity index (χ0) is 22.1. The third-order valence-corrected chi connectivity index (χ3v) is 8.48. The van der Waals surface area contributed by atoms with Gasteiger partial charge in [0.2, 0.25) is 5.91 Å². The SMILES string of the molecule is CC1CN(CC2CCN(C(=O)C3CC=CCC3c3nc4ccccc4s3)CC2)CC(C)O1. The minimum atomic E-state index is 0.0260. The molecule has 4 unspecified atom stereocenters. The summed E-state index contributed by atoms with van der Waals surface area (Å²) in [4.78, 5) is 23.2. The molecule has 0 radical (unpaired) electrons. The van der Waals surface area contributed by atoms with Crippen molar-refractivity contribution in [3.05, 3.63) is 41.4 Å². The third kappa shape index (κ3) is 4.78. The number of piperidine rings is 1. The summed E-state index contributed by atoms with van der Waals surface area (Å²) in [6.07, 6.45) is 9.04. The number of fused-ring (bicyclic) bond motifs is 1. The van der Waals surface area contributed by atoms with Gasteiger partial charge in [-0.1, -0.05) is 24.3 Å². The zero-order valence-electron chi connectivity index (χ0n) is 19.3. The van der Waals surface area contributed by atoms with Gasteiger partial charge in [0.15, 0.2) is 0 Å². The molecule has 2 aliphatic heterocycles. The molecule has 0 saturated carbocycles. The smallest absolute Gasteiger partial charge is 0.226 e. The molecule has 1 amide bonds. The summed E-state index contributed by atoms with van der Waals surface area (Å²) in [6, 6.07) is 8.31. The first-order chi connectivity index (χ1) is 15.6. The lowest BCUT2D eigenvalue weighted by Crippen LogP contribution is -2.49. The number of benzene rings is 1. The Kier molecular flexibility index (Phi) is 6.63. The quantitative estimate of drug-likeness (QED) is 0.630. The van der Waals surface area contributed by atoms with Crippen LogP contribution in [0.1, 0.15) is 50.5 Å². The van der Waals surface area contributed by atoms with Crippen molar-refractivity contribution in [2.45, 2.75) is 57.7 Å². The Morgan fingerprint density at radius 3 is 2.56 bits per heavy atom. The number of ether oxygens (including phenoxy) is 1. The number of hydrogen-bond donors (Lipinski definition) is 0. The molecule has 0 spiro atoms. The van der Waals surface area contributed by atoms with Crippen LogP contribution in [0.25, 0.3) is 10.2 Å². The number of amides is 1. The number of hydrogen-bond acceptors (Lipinski definition) is 5. The maximum absolute atomic E-state index is 13.6. The number of carbonyl (C=O) groups is 1. The Bertz CT molecular complexity index is 922. The van der Waals surface area contributed by atoms with Gasteiger partial charge in [0.25, 0.3) is 0 Å². The van der Waals surface area contributed by atoms with Gasteiger partial charge in [-0.25, -0.2) is 4.98 Å². The van der Waals surface area contributed by atoms with Crippen LogP contribution in [0.15, 0.2) is 36.4 Å². The Balaban J connectivity index is 1.20. The molecule has 3 heterocycles. The minimum Gasteiger partial charge on any atom is -0.373 e. The van der Waals surface area contributed by atoms with Crippen molar-refractivity contribution < 1.29 is 9.53 Å². The molecule has 2 saturated heterocycles. The molecule has 2 fully saturated rings. The summed E-state index contributed by atoms with van der Waals surface area (Å²) in [5.74, 6) is 1.26. The van der Waals surface area contributed by atoms with Gasteiger partial charge in [-0.3, -0.25) is 9.69 Å². The lowest BCUT2D eigenvalue weighted by Gasteiger charge is -2.40. The summed E-state index contributed by atoms with van der Waals surface area (Å²) in [5, 5.41) is 1.12. The molecule has 172 valence electrons. The number of nitrogens with zero attached hydrogens (tertiary/aromatic N) is 3. The molecular weight excluding hydrogens is 418 g/mol. The maximum Gasteiger partial charge on any atom is 0.226 e. The topological polar surface area (TPSA) is 45.7 Å². The van der Waals surface area contributed by atoms with Crippen LogP contribution in [0.5, 0.6) is 0 Å². The molecule has 5 rings (SSSR count). The fourth-order valence-electron chi connectivity index (χ4n) is 5.78. The van der Waals surface area contributed by atoms with Gasteiger partial charge in [-0.05, 0) is 57.6 Å². The highest BCUT2D eigenvalue weighted by atomic mass is 32.1. The van der Waals surface area contributed by atoms with Crippen molar-refractivity contribution in [2.75, 3.05) is 32.7 Å². The van der Waals surface area contributed by atoms with Crippen LogP contribution in [0.2, 0.25) is 0 Å². The van der Waals surface area contributed by atoms with Gasteiger partial charge in [-0.15, -0.1) is 11.3 Å². The van der Waals surface area contributed by atoms with Crippen molar-refractivity contribution >= 4 is 27.5 Å². The summed E-state index contributed by atoms with van der Waals surface area (Å²) < 4.78 is 7.10. The van der Waals surface area contributed by atoms with Gasteiger partial charge in [0, 0.05) is 38.6 Å². The highest BCUT2D eigenvalue weighted by molar-refractivity contribution is 7.18. The van der Waals surface area contributed by atoms with E-state index in [4.69, 9.17) is 9.72 Å². The average molecular weight is 454 g/mol. The normalized spacial score (nSPS) is 30.1. The van der Waals surface area contributed by atoms with Crippen LogP contribution in [-0.2, 0) is 9.53 Å². The lowest BCUT2D eigenvalue weighted by atomic mass is 9.81. The molecule has 4 atom stereocenters. The van der Waals surface area contributed by atoms with Crippen LogP contribution < -0.4 is 0 Å². The van der Waals surface area contributed by atoms with Gasteiger partial charge >= 0.3 is 0 Å². The summed E-state index contributed by atoms with van der Waals surface area (Å²) in [6.45, 7) is 9.33. The fraction of sp³-hybridized carbons (Fsp3) is 0.615. The molecule has 5 nitrogen and oxygen atoms in total. The van der Waals surface area contributed by atoms with Crippen LogP contribution >= 0.6 is 11.3 Å². The van der Waals surface area contributed by atoms with Crippen molar-refractivity contribution in [3.63, 3.8) is 0 Å². The zero-order valence-corrected chi connectivity index (χ0v) is 20.1. The summed E-state index contributed by atoms with van der Waals surface area (Å²) in [7, 11) is 0. The Labute approximate surface area is 195 Å². The van der Waals surface area contributed by atoms with Gasteiger partial charge in [0.05, 0.1) is 33.4 Å². The molecule has 1 aromatic heterocycles. The Hall–Kier alpha value is -1.76. The van der Waals surface area contributed by atoms with Gasteiger partial charge in [-0.2, -0.15) is 0 Å². The molecule has 2 aromatic rings. The number of carbonyl (C=O) groups excluding carboxylic acids is 1. The monoisotopic (exact) mass is 453 g/mol. The van der Waals surface area contributed by atoms with Crippen LogP contribution in [0, 0.1) is 11.8 Å². The fourth-order valence-corrected chi connectivity index (χ4v) is 6.92. The number of thiazole rings is 1. The second-order valence-corrected chi connectivity index (χ2v) is 11.0. The number of allylic oxidation sites excluding steroid dienone is 2. The number of para-hydroxylation sites is 1. The molecular formula is C26H35N3O2S. The van der Waals surface area contributed by atoms with Crippen molar-refractivity contribution in [1.29, 1.82) is 0 Å². The van der Waals surface area contributed by atoms with Crippen LogP contribution in [0.4, 0.5) is 0 Å². The highest BCUT2D eigenvalue weighted by Crippen LogP contribution is 2.39. The van der Waals surface area contributed by atoms with Crippen molar-refractivity contribution in [3.8, 4) is 0 Å². The third-order valence-electron chi connectivity index (χ3n) is 7.32. The van der Waals surface area contributed by atoms with Crippen LogP contribution in [-0.4, -0.2) is 65.6 Å². The molecule has 32 heavy (non-hydrogen) atoms. The van der Waals surface area contributed by atoms with E-state index < -0.39 is 0 Å². The standard InChI is InChI=1S/C26H35N3O2S/c1-18-15-28(16-19(2)31-18)17-20-11-13-29(14-12-20)26(30)22-8-4-3-7-21(22)25-27-23-9-5-6-10-24(23)32-25/h3-6,9-10,18-22H,7-8,11-17H2,1-2H3. The van der Waals surface area contributed by atoms with Crippen molar-refractivity contribution in [1.82, 2.24) is 14.8 Å². The van der Waals surface area contributed by atoms with E-state index in [1.54, 1.807) is 11.3 Å². The second kappa shape index (κ2) is 9.62.